The maximum absolute atomic E-state index is 13.6. The Morgan fingerprint density at radius 1 is 0.895 bits per heavy atom. The van der Waals surface area contributed by atoms with Gasteiger partial charge in [0.2, 0.25) is 0 Å². The first-order valence-electron chi connectivity index (χ1n) is 11.4. The molecule has 1 N–H and O–H groups in total. The molecule has 10 heteroatoms. The zero-order valence-electron chi connectivity index (χ0n) is 20.0. The molecule has 5 nitrogen and oxygen atoms in total. The molecule has 0 aliphatic rings. The average molecular weight is 559 g/mol. The number of hydrogen-bond donors (Lipinski definition) is 1. The fourth-order valence-corrected chi connectivity index (χ4v) is 5.44. The molecule has 1 amide bonds. The third-order valence-electron chi connectivity index (χ3n) is 5.78. The summed E-state index contributed by atoms with van der Waals surface area (Å²) in [5.74, 6) is -0.518. The highest BCUT2D eigenvalue weighted by molar-refractivity contribution is 7.92. The Balaban J connectivity index is 1.58. The summed E-state index contributed by atoms with van der Waals surface area (Å²) in [7, 11) is -3.96. The van der Waals surface area contributed by atoms with Gasteiger partial charge in [-0.1, -0.05) is 48.0 Å². The van der Waals surface area contributed by atoms with Crippen molar-refractivity contribution in [3.8, 4) is 0 Å². The minimum Gasteiger partial charge on any atom is -0.322 e. The maximum atomic E-state index is 13.6. The molecule has 0 spiro atoms. The lowest BCUT2D eigenvalue weighted by molar-refractivity contribution is -0.137. The van der Waals surface area contributed by atoms with Crippen molar-refractivity contribution in [3.63, 3.8) is 0 Å². The minimum atomic E-state index is -4.47. The molecule has 0 bridgehead atoms. The monoisotopic (exact) mass is 558 g/mol. The molecule has 0 radical (unpaired) electrons. The Morgan fingerprint density at radius 3 is 2.13 bits per heavy atom. The van der Waals surface area contributed by atoms with Gasteiger partial charge in [-0.25, -0.2) is 8.42 Å². The molecule has 0 aliphatic carbocycles. The van der Waals surface area contributed by atoms with E-state index < -0.39 is 27.7 Å². The van der Waals surface area contributed by atoms with E-state index in [0.29, 0.717) is 21.8 Å². The average Bonchev–Trinajstić information content (AvgIpc) is 2.89. The number of carbonyl (C=O) groups excluding carboxylic acids is 1. The normalized spacial score (nSPS) is 11.7. The largest absolute Gasteiger partial charge is 0.416 e. The Hall–Kier alpha value is -3.82. The molecule has 4 aromatic rings. The lowest BCUT2D eigenvalue weighted by Crippen LogP contribution is -2.31. The molecule has 0 saturated carbocycles. The number of hydrogen-bond acceptors (Lipinski definition) is 3. The van der Waals surface area contributed by atoms with E-state index in [1.54, 1.807) is 55.5 Å². The lowest BCUT2D eigenvalue weighted by atomic mass is 10.1. The van der Waals surface area contributed by atoms with Crippen LogP contribution < -0.4 is 9.62 Å². The fraction of sp³-hybridized carbons (Fsp3) is 0.107. The Bertz CT molecular complexity index is 1540. The molecule has 0 unspecified atom stereocenters. The SMILES string of the molecule is Cc1ccc(Cl)cc1N(Cc1ccc(C(=O)Nc2ccc(C(F)(F)F)cc2)cc1)S(=O)(=O)c1ccccc1. The molecule has 196 valence electrons. The molecule has 38 heavy (non-hydrogen) atoms. The number of carbonyl (C=O) groups is 1. The van der Waals surface area contributed by atoms with Crippen LogP contribution in [0.25, 0.3) is 0 Å². The number of alkyl halides is 3. The number of sulfonamides is 1. The first-order chi connectivity index (χ1) is 17.9. The van der Waals surface area contributed by atoms with Gasteiger partial charge in [0.15, 0.2) is 0 Å². The number of nitrogens with one attached hydrogen (secondary N) is 1. The number of nitrogens with zero attached hydrogens (tertiary/aromatic N) is 1. The van der Waals surface area contributed by atoms with Crippen LogP contribution >= 0.6 is 11.6 Å². The van der Waals surface area contributed by atoms with Gasteiger partial charge in [-0.15, -0.1) is 0 Å². The van der Waals surface area contributed by atoms with E-state index in [-0.39, 0.29) is 22.7 Å². The Labute approximate surface area is 223 Å². The van der Waals surface area contributed by atoms with Gasteiger partial charge in [0, 0.05) is 16.3 Å². The molecule has 0 aromatic heterocycles. The quantitative estimate of drug-likeness (QED) is 0.258. The van der Waals surface area contributed by atoms with E-state index >= 15 is 0 Å². The summed E-state index contributed by atoms with van der Waals surface area (Å²) >= 11 is 6.19. The molecule has 4 aromatic carbocycles. The number of rotatable bonds is 7. The summed E-state index contributed by atoms with van der Waals surface area (Å²) in [6, 6.07) is 23.4. The Morgan fingerprint density at radius 2 is 1.53 bits per heavy atom. The van der Waals surface area contributed by atoms with Crippen molar-refractivity contribution in [2.24, 2.45) is 0 Å². The van der Waals surface area contributed by atoms with E-state index in [2.05, 4.69) is 5.32 Å². The van der Waals surface area contributed by atoms with Gasteiger partial charge in [-0.2, -0.15) is 13.2 Å². The molecule has 0 aliphatic heterocycles. The van der Waals surface area contributed by atoms with Crippen LogP contribution in [0.5, 0.6) is 0 Å². The van der Waals surface area contributed by atoms with Gasteiger partial charge in [0.05, 0.1) is 22.7 Å². The predicted molar refractivity (Wildman–Crippen MR) is 142 cm³/mol. The molecule has 4 rings (SSSR count). The number of amides is 1. The first-order valence-corrected chi connectivity index (χ1v) is 13.2. The third kappa shape index (κ3) is 6.17. The number of aryl methyl sites for hydroxylation is 1. The summed E-state index contributed by atoms with van der Waals surface area (Å²) in [6.07, 6.45) is -4.47. The minimum absolute atomic E-state index is 0.0286. The van der Waals surface area contributed by atoms with E-state index in [1.165, 1.54) is 40.7 Å². The van der Waals surface area contributed by atoms with Crippen molar-refractivity contribution in [2.75, 3.05) is 9.62 Å². The van der Waals surface area contributed by atoms with Gasteiger partial charge in [-0.05, 0) is 78.7 Å². The van der Waals surface area contributed by atoms with Crippen molar-refractivity contribution >= 4 is 38.9 Å². The van der Waals surface area contributed by atoms with Crippen LogP contribution in [0.3, 0.4) is 0 Å². The molecule has 0 saturated heterocycles. The molecular weight excluding hydrogens is 537 g/mol. The van der Waals surface area contributed by atoms with Crippen molar-refractivity contribution in [1.29, 1.82) is 0 Å². The van der Waals surface area contributed by atoms with Crippen LogP contribution in [-0.2, 0) is 22.7 Å². The molecule has 0 atom stereocenters. The smallest absolute Gasteiger partial charge is 0.322 e. The third-order valence-corrected chi connectivity index (χ3v) is 7.79. The fourth-order valence-electron chi connectivity index (χ4n) is 3.74. The highest BCUT2D eigenvalue weighted by atomic mass is 35.5. The molecular formula is C28H22ClF3N2O3S. The highest BCUT2D eigenvalue weighted by Crippen LogP contribution is 2.32. The standard InChI is InChI=1S/C28H22ClF3N2O3S/c1-19-7-14-23(29)17-26(19)34(38(36,37)25-5-3-2-4-6-25)18-20-8-10-21(11-9-20)27(35)33-24-15-12-22(13-16-24)28(30,31)32/h2-17H,18H2,1H3,(H,33,35). The van der Waals surface area contributed by atoms with Gasteiger partial charge < -0.3 is 5.32 Å². The number of anilines is 2. The van der Waals surface area contributed by atoms with Crippen molar-refractivity contribution in [3.05, 3.63) is 124 Å². The second kappa shape index (κ2) is 10.9. The van der Waals surface area contributed by atoms with Gasteiger partial charge in [-0.3, -0.25) is 9.10 Å². The zero-order chi connectivity index (χ0) is 27.5. The van der Waals surface area contributed by atoms with E-state index in [9.17, 15) is 26.4 Å². The van der Waals surface area contributed by atoms with Crippen LogP contribution in [0, 0.1) is 6.92 Å². The maximum Gasteiger partial charge on any atom is 0.416 e. The van der Waals surface area contributed by atoms with Gasteiger partial charge in [0.1, 0.15) is 0 Å². The summed E-state index contributed by atoms with van der Waals surface area (Å²) < 4.78 is 66.8. The van der Waals surface area contributed by atoms with E-state index in [0.717, 1.165) is 12.1 Å². The predicted octanol–water partition coefficient (Wildman–Crippen LogP) is 7.32. The molecule has 0 heterocycles. The van der Waals surface area contributed by atoms with E-state index in [1.807, 2.05) is 0 Å². The van der Waals surface area contributed by atoms with Crippen molar-refractivity contribution in [2.45, 2.75) is 24.5 Å². The topological polar surface area (TPSA) is 66.5 Å². The van der Waals surface area contributed by atoms with Crippen LogP contribution in [-0.4, -0.2) is 14.3 Å². The first kappa shape index (κ1) is 27.2. The lowest BCUT2D eigenvalue weighted by Gasteiger charge is -2.26. The second-order valence-corrected chi connectivity index (χ2v) is 10.8. The number of halogens is 4. The molecule has 0 fully saturated rings. The van der Waals surface area contributed by atoms with Crippen LogP contribution in [0.4, 0.5) is 24.5 Å². The number of benzene rings is 4. The van der Waals surface area contributed by atoms with Gasteiger partial charge >= 0.3 is 6.18 Å². The Kier molecular flexibility index (Phi) is 7.80. The summed E-state index contributed by atoms with van der Waals surface area (Å²) in [5, 5.41) is 2.94. The zero-order valence-corrected chi connectivity index (χ0v) is 21.6. The summed E-state index contributed by atoms with van der Waals surface area (Å²) in [4.78, 5) is 12.7. The van der Waals surface area contributed by atoms with Crippen LogP contribution in [0.15, 0.2) is 102 Å². The van der Waals surface area contributed by atoms with Crippen LogP contribution in [0.2, 0.25) is 5.02 Å². The van der Waals surface area contributed by atoms with Gasteiger partial charge in [0.25, 0.3) is 15.9 Å². The second-order valence-electron chi connectivity index (χ2n) is 8.48. The van der Waals surface area contributed by atoms with Crippen molar-refractivity contribution in [1.82, 2.24) is 0 Å². The highest BCUT2D eigenvalue weighted by Gasteiger charge is 2.30. The van der Waals surface area contributed by atoms with Crippen LogP contribution in [0.1, 0.15) is 27.0 Å². The summed E-state index contributed by atoms with van der Waals surface area (Å²) in [6.45, 7) is 1.76. The van der Waals surface area contributed by atoms with Crippen molar-refractivity contribution < 1.29 is 26.4 Å². The summed E-state index contributed by atoms with van der Waals surface area (Å²) in [5.41, 5.74) is 1.39. The van der Waals surface area contributed by atoms with E-state index in [4.69, 9.17) is 11.6 Å².